The van der Waals surface area contributed by atoms with Crippen LogP contribution in [-0.2, 0) is 28.6 Å². The van der Waals surface area contributed by atoms with Gasteiger partial charge in [0.1, 0.15) is 18.3 Å². The van der Waals surface area contributed by atoms with Gasteiger partial charge in [0.2, 0.25) is 5.82 Å². The Bertz CT molecular complexity index is 1470. The molecule has 44 heavy (non-hydrogen) atoms. The van der Waals surface area contributed by atoms with Crippen molar-refractivity contribution in [3.63, 3.8) is 0 Å². The maximum absolute atomic E-state index is 14.2. The number of amides is 1. The molecule has 238 valence electrons. The minimum Gasteiger partial charge on any atom is -0.463 e. The lowest BCUT2D eigenvalue weighted by molar-refractivity contribution is -0.176. The van der Waals surface area contributed by atoms with Crippen LogP contribution in [0.15, 0.2) is 12.3 Å². The van der Waals surface area contributed by atoms with Gasteiger partial charge in [0.15, 0.2) is 46.9 Å². The highest BCUT2D eigenvalue weighted by Crippen LogP contribution is 2.28. The predicted octanol–water partition coefficient (Wildman–Crippen LogP) is 3.49. The third-order valence-corrected chi connectivity index (χ3v) is 6.53. The number of halogens is 5. The zero-order valence-electron chi connectivity index (χ0n) is 24.0. The molecule has 16 heteroatoms. The molecule has 0 spiro atoms. The first-order valence-electron chi connectivity index (χ1n) is 13.2. The Morgan fingerprint density at radius 3 is 2.18 bits per heavy atom. The average Bonchev–Trinajstić information content (AvgIpc) is 3.00. The summed E-state index contributed by atoms with van der Waals surface area (Å²) in [6.07, 6.45) is -1.19. The van der Waals surface area contributed by atoms with Gasteiger partial charge in [-0.05, 0) is 31.9 Å². The number of nitrogens with one attached hydrogen (secondary N) is 1. The van der Waals surface area contributed by atoms with Crippen LogP contribution in [0.5, 0.6) is 5.75 Å². The van der Waals surface area contributed by atoms with Crippen molar-refractivity contribution in [2.45, 2.75) is 59.3 Å². The van der Waals surface area contributed by atoms with Crippen LogP contribution in [0.1, 0.15) is 60.5 Å². The van der Waals surface area contributed by atoms with Gasteiger partial charge in [0.25, 0.3) is 5.91 Å². The van der Waals surface area contributed by atoms with E-state index in [0.29, 0.717) is 0 Å². The lowest BCUT2D eigenvalue weighted by Gasteiger charge is -2.29. The molecule has 0 saturated carbocycles. The van der Waals surface area contributed by atoms with Gasteiger partial charge < -0.3 is 24.3 Å². The summed E-state index contributed by atoms with van der Waals surface area (Å²) in [6.45, 7) is 6.63. The normalized spacial score (nSPS) is 20.5. The van der Waals surface area contributed by atoms with Gasteiger partial charge in [-0.3, -0.25) is 14.4 Å². The molecule has 0 aliphatic carbocycles. The van der Waals surface area contributed by atoms with E-state index >= 15 is 0 Å². The lowest BCUT2D eigenvalue weighted by Crippen LogP contribution is -2.47. The standard InChI is InChI=1S/C28H27F5N2O9/c1-6-13-23(44-25(37)10(2)3)12(5)42-27(39)14(9-41-26(13)38)35-24(36)21-22(11(4)7-8-34-21)43-28(40)15-16(29)18(31)20(33)19(32)17(15)30/h7-8,10,12-14,23H,6,9H2,1-5H3,(H,35,36). The number of esters is 4. The van der Waals surface area contributed by atoms with E-state index in [1.807, 2.05) is 0 Å². The Balaban J connectivity index is 1.89. The molecule has 3 rings (SSSR count). The van der Waals surface area contributed by atoms with Crippen LogP contribution >= 0.6 is 0 Å². The van der Waals surface area contributed by atoms with E-state index in [-0.39, 0.29) is 12.0 Å². The fraction of sp³-hybridized carbons (Fsp3) is 0.429. The molecule has 1 N–H and O–H groups in total. The molecule has 1 fully saturated rings. The summed E-state index contributed by atoms with van der Waals surface area (Å²) in [6, 6.07) is -0.481. The Kier molecular flexibility index (Phi) is 10.6. The quantitative estimate of drug-likeness (QED) is 0.159. The number of carbonyl (C=O) groups is 5. The molecule has 1 saturated heterocycles. The van der Waals surface area contributed by atoms with Crippen LogP contribution in [0.4, 0.5) is 22.0 Å². The molecular weight excluding hydrogens is 603 g/mol. The number of hydrogen-bond acceptors (Lipinski definition) is 10. The minimum absolute atomic E-state index is 0.0416. The molecule has 1 amide bonds. The van der Waals surface area contributed by atoms with Crippen molar-refractivity contribution in [2.24, 2.45) is 11.8 Å². The number of ether oxygens (including phenoxy) is 4. The number of rotatable bonds is 7. The van der Waals surface area contributed by atoms with E-state index in [4.69, 9.17) is 18.9 Å². The Labute approximate surface area is 247 Å². The van der Waals surface area contributed by atoms with Crippen molar-refractivity contribution in [1.82, 2.24) is 10.3 Å². The molecule has 1 aliphatic rings. The molecule has 2 heterocycles. The third-order valence-electron chi connectivity index (χ3n) is 6.53. The molecule has 11 nitrogen and oxygen atoms in total. The zero-order chi connectivity index (χ0) is 33.0. The first-order chi connectivity index (χ1) is 20.6. The average molecular weight is 631 g/mol. The SMILES string of the molecule is CCC1C(=O)OCC(NC(=O)c2nccc(C)c2OC(=O)c2c(F)c(F)c(F)c(F)c2F)C(=O)OC(C)C1OC(=O)C(C)C. The second kappa shape index (κ2) is 13.8. The van der Waals surface area contributed by atoms with Gasteiger partial charge in [-0.15, -0.1) is 0 Å². The summed E-state index contributed by atoms with van der Waals surface area (Å²) in [5.41, 5.74) is -2.71. The summed E-state index contributed by atoms with van der Waals surface area (Å²) >= 11 is 0. The molecule has 0 radical (unpaired) electrons. The van der Waals surface area contributed by atoms with Crippen LogP contribution in [-0.4, -0.2) is 59.6 Å². The molecule has 4 unspecified atom stereocenters. The number of nitrogens with zero attached hydrogens (tertiary/aromatic N) is 1. The first-order valence-corrected chi connectivity index (χ1v) is 13.2. The summed E-state index contributed by atoms with van der Waals surface area (Å²) in [5, 5.41) is 2.19. The molecule has 4 atom stereocenters. The van der Waals surface area contributed by atoms with Gasteiger partial charge in [-0.1, -0.05) is 20.8 Å². The maximum Gasteiger partial charge on any atom is 0.349 e. The largest absolute Gasteiger partial charge is 0.463 e. The van der Waals surface area contributed by atoms with Gasteiger partial charge in [0, 0.05) is 6.20 Å². The van der Waals surface area contributed by atoms with Gasteiger partial charge >= 0.3 is 23.9 Å². The predicted molar refractivity (Wildman–Crippen MR) is 136 cm³/mol. The summed E-state index contributed by atoms with van der Waals surface area (Å²) in [4.78, 5) is 67.6. The van der Waals surface area contributed by atoms with E-state index < -0.39 is 113 Å². The van der Waals surface area contributed by atoms with Crippen LogP contribution in [0, 0.1) is 47.8 Å². The smallest absolute Gasteiger partial charge is 0.349 e. The van der Waals surface area contributed by atoms with Gasteiger partial charge in [-0.2, -0.15) is 0 Å². The van der Waals surface area contributed by atoms with Crippen LogP contribution in [0.2, 0.25) is 0 Å². The highest BCUT2D eigenvalue weighted by molar-refractivity contribution is 6.00. The van der Waals surface area contributed by atoms with Crippen molar-refractivity contribution in [2.75, 3.05) is 6.61 Å². The van der Waals surface area contributed by atoms with Crippen LogP contribution in [0.3, 0.4) is 0 Å². The van der Waals surface area contributed by atoms with E-state index in [1.165, 1.54) is 19.9 Å². The van der Waals surface area contributed by atoms with E-state index in [9.17, 15) is 45.9 Å². The number of aromatic nitrogens is 1. The molecule has 2 aromatic rings. The monoisotopic (exact) mass is 630 g/mol. The third kappa shape index (κ3) is 6.94. The number of cyclic esters (lactones) is 2. The number of aryl methyl sites for hydroxylation is 1. The molecule has 1 aromatic carbocycles. The number of carbonyl (C=O) groups excluding carboxylic acids is 5. The summed E-state index contributed by atoms with van der Waals surface area (Å²) in [5.74, 6) is -20.5. The van der Waals surface area contributed by atoms with Gasteiger partial charge in [-0.25, -0.2) is 36.5 Å². The van der Waals surface area contributed by atoms with Crippen LogP contribution < -0.4 is 10.1 Å². The second-order valence-electron chi connectivity index (χ2n) is 10.0. The van der Waals surface area contributed by atoms with Crippen molar-refractivity contribution in [1.29, 1.82) is 0 Å². The van der Waals surface area contributed by atoms with Crippen molar-refractivity contribution in [3.8, 4) is 5.75 Å². The highest BCUT2D eigenvalue weighted by Gasteiger charge is 2.41. The van der Waals surface area contributed by atoms with Crippen molar-refractivity contribution in [3.05, 3.63) is 58.2 Å². The van der Waals surface area contributed by atoms with Crippen LogP contribution in [0.25, 0.3) is 0 Å². The Morgan fingerprint density at radius 1 is 1.02 bits per heavy atom. The highest BCUT2D eigenvalue weighted by atomic mass is 19.2. The second-order valence-corrected chi connectivity index (χ2v) is 10.0. The Hall–Kier alpha value is -4.63. The number of hydrogen-bond donors (Lipinski definition) is 1. The molecule has 1 aliphatic heterocycles. The summed E-state index contributed by atoms with van der Waals surface area (Å²) in [7, 11) is 0. The fourth-order valence-corrected chi connectivity index (χ4v) is 4.07. The van der Waals surface area contributed by atoms with Crippen molar-refractivity contribution >= 4 is 29.8 Å². The topological polar surface area (TPSA) is 147 Å². The number of benzene rings is 1. The van der Waals surface area contributed by atoms with E-state index in [2.05, 4.69) is 10.3 Å². The van der Waals surface area contributed by atoms with E-state index in [1.54, 1.807) is 20.8 Å². The number of pyridine rings is 1. The van der Waals surface area contributed by atoms with Crippen molar-refractivity contribution < 1.29 is 64.9 Å². The molecule has 1 aromatic heterocycles. The summed E-state index contributed by atoms with van der Waals surface area (Å²) < 4.78 is 90.0. The van der Waals surface area contributed by atoms with E-state index in [0.717, 1.165) is 6.20 Å². The molecule has 0 bridgehead atoms. The van der Waals surface area contributed by atoms with Gasteiger partial charge in [0.05, 0.1) is 11.8 Å². The lowest BCUT2D eigenvalue weighted by atomic mass is 9.95. The first kappa shape index (κ1) is 33.9. The Morgan fingerprint density at radius 2 is 1.61 bits per heavy atom. The zero-order valence-corrected chi connectivity index (χ0v) is 24.0. The molecular formula is C28H27F5N2O9. The fourth-order valence-electron chi connectivity index (χ4n) is 4.07. The maximum atomic E-state index is 14.2. The minimum atomic E-state index is -2.50.